The van der Waals surface area contributed by atoms with Crippen LogP contribution in [0.25, 0.3) is 71.4 Å². The number of nitrogens with zero attached hydrogens (tertiary/aromatic N) is 4. The molecule has 5 heterocycles. The summed E-state index contributed by atoms with van der Waals surface area (Å²) in [5.74, 6) is 0. The summed E-state index contributed by atoms with van der Waals surface area (Å²) in [6.07, 6.45) is 5.52. The first-order chi connectivity index (χ1) is 17.7. The van der Waals surface area contributed by atoms with Gasteiger partial charge in [-0.05, 0) is 84.6 Å². The number of nitrogens with one attached hydrogen (secondary N) is 1. The second-order valence-corrected chi connectivity index (χ2v) is 9.60. The first-order valence-corrected chi connectivity index (χ1v) is 12.1. The number of imidazole rings is 1. The second-order valence-electron chi connectivity index (χ2n) is 9.60. The molecule has 8 rings (SSSR count). The molecule has 0 aliphatic rings. The number of aromatic nitrogens is 5. The summed E-state index contributed by atoms with van der Waals surface area (Å²) in [5, 5.41) is 4.73. The van der Waals surface area contributed by atoms with Crippen LogP contribution in [-0.4, -0.2) is 24.3 Å². The van der Waals surface area contributed by atoms with Gasteiger partial charge < -0.3 is 4.98 Å². The van der Waals surface area contributed by atoms with Crippen LogP contribution in [0.2, 0.25) is 0 Å². The smallest absolute Gasteiger partial charge is 0.146 e. The van der Waals surface area contributed by atoms with Crippen LogP contribution in [0.4, 0.5) is 0 Å². The van der Waals surface area contributed by atoms with Gasteiger partial charge in [0.25, 0.3) is 0 Å². The summed E-state index contributed by atoms with van der Waals surface area (Å²) in [5.41, 5.74) is 12.1. The van der Waals surface area contributed by atoms with Crippen LogP contribution in [0.1, 0.15) is 11.1 Å². The minimum Gasteiger partial charge on any atom is -0.354 e. The molecule has 0 aliphatic heterocycles. The molecular weight excluding hydrogens is 442 g/mol. The fourth-order valence-electron chi connectivity index (χ4n) is 5.82. The van der Waals surface area contributed by atoms with Crippen molar-refractivity contribution >= 4 is 60.3 Å². The number of pyridine rings is 3. The highest BCUT2D eigenvalue weighted by atomic mass is 15.0. The predicted molar refractivity (Wildman–Crippen MR) is 148 cm³/mol. The highest BCUT2D eigenvalue weighted by Crippen LogP contribution is 2.38. The number of hydrogen-bond donors (Lipinski definition) is 1. The van der Waals surface area contributed by atoms with E-state index in [1.165, 1.54) is 33.0 Å². The Morgan fingerprint density at radius 1 is 0.694 bits per heavy atom. The van der Waals surface area contributed by atoms with Crippen molar-refractivity contribution in [3.63, 3.8) is 0 Å². The van der Waals surface area contributed by atoms with Crippen molar-refractivity contribution in [2.75, 3.05) is 0 Å². The van der Waals surface area contributed by atoms with Gasteiger partial charge in [0.15, 0.2) is 0 Å². The van der Waals surface area contributed by atoms with E-state index in [4.69, 9.17) is 9.97 Å². The lowest BCUT2D eigenvalue weighted by molar-refractivity contribution is 1.28. The fourth-order valence-corrected chi connectivity index (χ4v) is 5.82. The molecule has 0 saturated heterocycles. The zero-order chi connectivity index (χ0) is 24.0. The largest absolute Gasteiger partial charge is 0.354 e. The molecule has 8 aromatic rings. The molecule has 0 radical (unpaired) electrons. The first kappa shape index (κ1) is 19.5. The maximum atomic E-state index is 4.99. The number of H-pyrrole nitrogens is 1. The van der Waals surface area contributed by atoms with Gasteiger partial charge in [0.1, 0.15) is 11.2 Å². The van der Waals surface area contributed by atoms with Gasteiger partial charge in [-0.3, -0.25) is 14.4 Å². The molecule has 0 bridgehead atoms. The summed E-state index contributed by atoms with van der Waals surface area (Å²) in [7, 11) is 0. The van der Waals surface area contributed by atoms with Crippen LogP contribution in [0.5, 0.6) is 0 Å². The molecule has 1 N–H and O–H groups in total. The monoisotopic (exact) mass is 463 g/mol. The van der Waals surface area contributed by atoms with Gasteiger partial charge >= 0.3 is 0 Å². The highest BCUT2D eigenvalue weighted by molar-refractivity contribution is 6.14. The molecule has 0 amide bonds. The van der Waals surface area contributed by atoms with E-state index in [9.17, 15) is 0 Å². The zero-order valence-corrected chi connectivity index (χ0v) is 19.9. The molecule has 0 aliphatic carbocycles. The van der Waals surface area contributed by atoms with E-state index < -0.39 is 0 Å². The van der Waals surface area contributed by atoms with Crippen LogP contribution in [0.3, 0.4) is 0 Å². The summed E-state index contributed by atoms with van der Waals surface area (Å²) >= 11 is 0. The number of hydrogen-bond acceptors (Lipinski definition) is 3. The van der Waals surface area contributed by atoms with Crippen molar-refractivity contribution in [1.82, 2.24) is 24.3 Å². The number of para-hydroxylation sites is 1. The molecule has 0 unspecified atom stereocenters. The van der Waals surface area contributed by atoms with E-state index in [1.54, 1.807) is 0 Å². The molecule has 5 heteroatoms. The second kappa shape index (κ2) is 6.89. The van der Waals surface area contributed by atoms with Crippen molar-refractivity contribution < 1.29 is 0 Å². The van der Waals surface area contributed by atoms with Crippen LogP contribution in [0, 0.1) is 13.8 Å². The predicted octanol–water partition coefficient (Wildman–Crippen LogP) is 7.50. The van der Waals surface area contributed by atoms with E-state index in [0.717, 1.165) is 49.5 Å². The van der Waals surface area contributed by atoms with Crippen LogP contribution < -0.4 is 0 Å². The van der Waals surface area contributed by atoms with Gasteiger partial charge in [-0.1, -0.05) is 18.2 Å². The topological polar surface area (TPSA) is 58.9 Å². The van der Waals surface area contributed by atoms with Gasteiger partial charge in [-0.15, -0.1) is 0 Å². The van der Waals surface area contributed by atoms with Crippen molar-refractivity contribution in [3.8, 4) is 11.1 Å². The minimum absolute atomic E-state index is 0.886. The minimum atomic E-state index is 0.886. The van der Waals surface area contributed by atoms with E-state index >= 15 is 0 Å². The SMILES string of the molecule is Cc1cc2c(cc1-c1cc3c(cc1C)c1nc4cnccc4n1c1cccnc31)[nH]c1ccccc12. The molecular formula is C31H21N5. The lowest BCUT2D eigenvalue weighted by Gasteiger charge is -2.14. The molecule has 3 aromatic carbocycles. The van der Waals surface area contributed by atoms with Crippen molar-refractivity contribution in [1.29, 1.82) is 0 Å². The standard InChI is InChI=1S/C31H21N5/c1-17-12-22-19-6-3-4-7-25(19)34-26(22)15-21(17)20-14-23-24(13-18(20)2)31-35-27-16-32-11-9-28(27)36(31)29-8-5-10-33-30(23)29/h3-16,34H,1-2H3. The van der Waals surface area contributed by atoms with Gasteiger partial charge in [0, 0.05) is 45.0 Å². The number of benzene rings is 3. The van der Waals surface area contributed by atoms with Gasteiger partial charge in [0.05, 0.1) is 22.7 Å². The number of aromatic amines is 1. The Morgan fingerprint density at radius 2 is 1.53 bits per heavy atom. The van der Waals surface area contributed by atoms with Crippen LogP contribution in [0.15, 0.2) is 85.3 Å². The summed E-state index contributed by atoms with van der Waals surface area (Å²) in [6, 6.07) is 23.8. The normalized spacial score (nSPS) is 12.2. The van der Waals surface area contributed by atoms with E-state index in [1.807, 2.05) is 30.7 Å². The Kier molecular flexibility index (Phi) is 3.74. The number of fused-ring (bicyclic) bond motifs is 11. The maximum Gasteiger partial charge on any atom is 0.146 e. The molecule has 0 fully saturated rings. The third kappa shape index (κ3) is 2.52. The Morgan fingerprint density at radius 3 is 2.44 bits per heavy atom. The Hall–Kier alpha value is -4.77. The Balaban J connectivity index is 1.49. The quantitative estimate of drug-likeness (QED) is 0.256. The van der Waals surface area contributed by atoms with E-state index in [0.29, 0.717) is 0 Å². The molecule has 0 spiro atoms. The number of aryl methyl sites for hydroxylation is 2. The van der Waals surface area contributed by atoms with E-state index in [-0.39, 0.29) is 0 Å². The average Bonchev–Trinajstić information content (AvgIpc) is 3.47. The van der Waals surface area contributed by atoms with E-state index in [2.05, 4.69) is 82.8 Å². The molecule has 5 aromatic heterocycles. The highest BCUT2D eigenvalue weighted by Gasteiger charge is 2.17. The van der Waals surface area contributed by atoms with Crippen molar-refractivity contribution in [3.05, 3.63) is 96.4 Å². The number of rotatable bonds is 1. The summed E-state index contributed by atoms with van der Waals surface area (Å²) in [4.78, 5) is 17.7. The lowest BCUT2D eigenvalue weighted by Crippen LogP contribution is -1.95. The third-order valence-electron chi connectivity index (χ3n) is 7.49. The lowest BCUT2D eigenvalue weighted by atomic mass is 9.92. The van der Waals surface area contributed by atoms with Gasteiger partial charge in [-0.25, -0.2) is 4.98 Å². The summed E-state index contributed by atoms with van der Waals surface area (Å²) < 4.78 is 2.21. The van der Waals surface area contributed by atoms with Crippen LogP contribution >= 0.6 is 0 Å². The molecule has 0 saturated carbocycles. The van der Waals surface area contributed by atoms with Crippen molar-refractivity contribution in [2.45, 2.75) is 13.8 Å². The first-order valence-electron chi connectivity index (χ1n) is 12.1. The fraction of sp³-hybridized carbons (Fsp3) is 0.0645. The molecule has 0 atom stereocenters. The maximum absolute atomic E-state index is 4.99. The summed E-state index contributed by atoms with van der Waals surface area (Å²) in [6.45, 7) is 4.39. The van der Waals surface area contributed by atoms with Crippen LogP contribution in [-0.2, 0) is 0 Å². The molecule has 36 heavy (non-hydrogen) atoms. The van der Waals surface area contributed by atoms with Crippen molar-refractivity contribution in [2.24, 2.45) is 0 Å². The van der Waals surface area contributed by atoms with Gasteiger partial charge in [0.2, 0.25) is 0 Å². The molecule has 5 nitrogen and oxygen atoms in total. The zero-order valence-electron chi connectivity index (χ0n) is 19.9. The van der Waals surface area contributed by atoms with Gasteiger partial charge in [-0.2, -0.15) is 0 Å². The Bertz CT molecular complexity index is 2180. The average molecular weight is 464 g/mol. The Labute approximate surface area is 206 Å². The third-order valence-corrected chi connectivity index (χ3v) is 7.49. The molecule has 170 valence electrons.